The van der Waals surface area contributed by atoms with Crippen LogP contribution in [0.1, 0.15) is 0 Å². The number of rotatable bonds is 1. The molecular weight excluding hydrogens is 360 g/mol. The molecule has 0 amide bonds. The molecule has 22 heavy (non-hydrogen) atoms. The van der Waals surface area contributed by atoms with Gasteiger partial charge in [0.25, 0.3) is 0 Å². The standard InChI is InChI=1S/C6H12O6.2H2O4S/c7-1-2-3(8)4(9)5(10)6(11)12-2;2*1-5(2,3)4/h2-11H,1H2;2*(H2,1,2,3,4)/t2-,3+,4+,5-,6-;;/m1../s1. The van der Waals surface area contributed by atoms with Crippen LogP contribution < -0.4 is 0 Å². The van der Waals surface area contributed by atoms with Crippen LogP contribution in [-0.4, -0.2) is 97.9 Å². The van der Waals surface area contributed by atoms with E-state index < -0.39 is 58.1 Å². The van der Waals surface area contributed by atoms with Gasteiger partial charge in [0, 0.05) is 0 Å². The lowest BCUT2D eigenvalue weighted by Gasteiger charge is -2.37. The predicted molar refractivity (Wildman–Crippen MR) is 64.3 cm³/mol. The molecule has 0 saturated carbocycles. The van der Waals surface area contributed by atoms with Crippen molar-refractivity contribution in [3.63, 3.8) is 0 Å². The lowest BCUT2D eigenvalue weighted by atomic mass is 10.00. The van der Waals surface area contributed by atoms with Crippen LogP contribution in [0, 0.1) is 0 Å². The van der Waals surface area contributed by atoms with Gasteiger partial charge in [-0.2, -0.15) is 16.8 Å². The predicted octanol–water partition coefficient (Wildman–Crippen LogP) is -4.53. The summed E-state index contributed by atoms with van der Waals surface area (Å²) in [5, 5.41) is 44.7. The van der Waals surface area contributed by atoms with Crippen molar-refractivity contribution < 1.29 is 65.3 Å². The van der Waals surface area contributed by atoms with Gasteiger partial charge in [0.05, 0.1) is 6.61 Å². The summed E-state index contributed by atoms with van der Waals surface area (Å²) in [5.41, 5.74) is 0. The van der Waals surface area contributed by atoms with Gasteiger partial charge < -0.3 is 30.3 Å². The molecule has 0 unspecified atom stereocenters. The summed E-state index contributed by atoms with van der Waals surface area (Å²) in [6, 6.07) is 0. The Morgan fingerprint density at radius 2 is 1.05 bits per heavy atom. The smallest absolute Gasteiger partial charge is 0.394 e. The Morgan fingerprint density at radius 3 is 1.32 bits per heavy atom. The fourth-order valence-corrected chi connectivity index (χ4v) is 1.08. The fourth-order valence-electron chi connectivity index (χ4n) is 1.08. The number of ether oxygens (including phenoxy) is 1. The molecule has 1 fully saturated rings. The third-order valence-corrected chi connectivity index (χ3v) is 1.87. The first kappa shape index (κ1) is 23.8. The zero-order valence-corrected chi connectivity index (χ0v) is 12.1. The maximum absolute atomic E-state index is 9.12. The molecule has 1 aliphatic heterocycles. The second kappa shape index (κ2) is 9.60. The molecule has 0 aromatic rings. The Hall–Kier alpha value is -0.500. The largest absolute Gasteiger partial charge is 0.394 e. The van der Waals surface area contributed by atoms with Crippen molar-refractivity contribution in [1.82, 2.24) is 0 Å². The van der Waals surface area contributed by atoms with Crippen LogP contribution in [0.25, 0.3) is 0 Å². The molecule has 1 aliphatic rings. The number of hydrogen-bond acceptors (Lipinski definition) is 10. The van der Waals surface area contributed by atoms with Gasteiger partial charge in [-0.25, -0.2) is 0 Å². The highest BCUT2D eigenvalue weighted by Gasteiger charge is 2.42. The van der Waals surface area contributed by atoms with Crippen LogP contribution >= 0.6 is 0 Å². The van der Waals surface area contributed by atoms with Crippen LogP contribution in [0.4, 0.5) is 0 Å². The Morgan fingerprint density at radius 1 is 0.727 bits per heavy atom. The highest BCUT2D eigenvalue weighted by molar-refractivity contribution is 7.80. The Kier molecular flexibility index (Phi) is 10.4. The Balaban J connectivity index is 0. The van der Waals surface area contributed by atoms with Gasteiger partial charge in [-0.3, -0.25) is 18.2 Å². The Bertz CT molecular complexity index is 447. The van der Waals surface area contributed by atoms with Crippen LogP contribution in [0.3, 0.4) is 0 Å². The topological polar surface area (TPSA) is 260 Å². The van der Waals surface area contributed by atoms with E-state index in [1.807, 2.05) is 0 Å². The molecule has 14 nitrogen and oxygen atoms in total. The summed E-state index contributed by atoms with van der Waals surface area (Å²) >= 11 is 0. The van der Waals surface area contributed by atoms with E-state index in [-0.39, 0.29) is 0 Å². The highest BCUT2D eigenvalue weighted by Crippen LogP contribution is 2.18. The molecule has 9 N–H and O–H groups in total. The molecule has 0 bridgehead atoms. The molecule has 0 radical (unpaired) electrons. The molecule has 1 saturated heterocycles. The molecule has 16 heteroatoms. The number of hydrogen-bond donors (Lipinski definition) is 9. The van der Waals surface area contributed by atoms with Crippen molar-refractivity contribution >= 4 is 20.8 Å². The number of aliphatic hydroxyl groups is 5. The normalized spacial score (nSPS) is 32.1. The van der Waals surface area contributed by atoms with Gasteiger partial charge in [0.15, 0.2) is 6.29 Å². The van der Waals surface area contributed by atoms with E-state index in [0.29, 0.717) is 0 Å². The van der Waals surface area contributed by atoms with Crippen molar-refractivity contribution in [2.45, 2.75) is 30.7 Å². The third kappa shape index (κ3) is 14.4. The van der Waals surface area contributed by atoms with Gasteiger partial charge in [-0.1, -0.05) is 0 Å². The van der Waals surface area contributed by atoms with Gasteiger partial charge in [-0.05, 0) is 0 Å². The lowest BCUT2D eigenvalue weighted by molar-refractivity contribution is -0.286. The first-order chi connectivity index (χ1) is 9.57. The van der Waals surface area contributed by atoms with E-state index in [4.69, 9.17) is 60.6 Å². The van der Waals surface area contributed by atoms with E-state index in [1.165, 1.54) is 0 Å². The van der Waals surface area contributed by atoms with E-state index >= 15 is 0 Å². The molecule has 0 aromatic carbocycles. The van der Waals surface area contributed by atoms with Gasteiger partial charge >= 0.3 is 20.8 Å². The maximum Gasteiger partial charge on any atom is 0.394 e. The first-order valence-corrected chi connectivity index (χ1v) is 7.75. The van der Waals surface area contributed by atoms with E-state index in [9.17, 15) is 0 Å². The zero-order chi connectivity index (χ0) is 18.3. The summed E-state index contributed by atoms with van der Waals surface area (Å²) in [6.45, 7) is -0.526. The van der Waals surface area contributed by atoms with Crippen molar-refractivity contribution in [2.24, 2.45) is 0 Å². The Labute approximate surface area is 124 Å². The lowest BCUT2D eigenvalue weighted by Crippen LogP contribution is -2.58. The minimum atomic E-state index is -4.67. The van der Waals surface area contributed by atoms with E-state index in [2.05, 4.69) is 4.74 Å². The average molecular weight is 376 g/mol. The van der Waals surface area contributed by atoms with Crippen molar-refractivity contribution in [2.75, 3.05) is 6.61 Å². The van der Waals surface area contributed by atoms with Crippen LogP contribution in [0.5, 0.6) is 0 Å². The minimum absolute atomic E-state index is 0.526. The SMILES string of the molecule is O=S(=O)(O)O.O=S(=O)(O)O.OC[C@H]1O[C@@H](O)[C@H](O)[C@@H](O)[C@H]1O. The van der Waals surface area contributed by atoms with Crippen LogP contribution in [-0.2, 0) is 25.5 Å². The summed E-state index contributed by atoms with van der Waals surface area (Å²) in [7, 11) is -9.33. The molecule has 0 aliphatic carbocycles. The minimum Gasteiger partial charge on any atom is -0.394 e. The second-order valence-corrected chi connectivity index (χ2v) is 5.41. The third-order valence-electron chi connectivity index (χ3n) is 1.87. The van der Waals surface area contributed by atoms with Crippen molar-refractivity contribution in [3.05, 3.63) is 0 Å². The quantitative estimate of drug-likeness (QED) is 0.195. The molecular formula is C6H16O14S2. The van der Waals surface area contributed by atoms with Crippen molar-refractivity contribution in [3.8, 4) is 0 Å². The van der Waals surface area contributed by atoms with E-state index in [0.717, 1.165) is 0 Å². The fraction of sp³-hybridized carbons (Fsp3) is 1.00. The first-order valence-electron chi connectivity index (χ1n) is 4.96. The average Bonchev–Trinajstić information content (AvgIpc) is 2.27. The molecule has 0 spiro atoms. The molecule has 5 atom stereocenters. The van der Waals surface area contributed by atoms with E-state index in [1.54, 1.807) is 0 Å². The van der Waals surface area contributed by atoms with Gasteiger partial charge in [0.1, 0.15) is 24.4 Å². The summed E-state index contributed by atoms with van der Waals surface area (Å²) in [5.74, 6) is 0. The zero-order valence-electron chi connectivity index (χ0n) is 10.5. The van der Waals surface area contributed by atoms with Crippen molar-refractivity contribution in [1.29, 1.82) is 0 Å². The van der Waals surface area contributed by atoms with Gasteiger partial charge in [0.2, 0.25) is 0 Å². The van der Waals surface area contributed by atoms with Crippen LogP contribution in [0.2, 0.25) is 0 Å². The summed E-state index contributed by atoms with van der Waals surface area (Å²) in [4.78, 5) is 0. The molecule has 1 heterocycles. The van der Waals surface area contributed by atoms with Crippen LogP contribution in [0.15, 0.2) is 0 Å². The summed E-state index contributed by atoms with van der Waals surface area (Å²) in [6.07, 6.45) is -7.04. The summed E-state index contributed by atoms with van der Waals surface area (Å²) < 4.78 is 67.7. The second-order valence-electron chi connectivity index (χ2n) is 3.62. The highest BCUT2D eigenvalue weighted by atomic mass is 32.3. The molecule has 0 aromatic heterocycles. The monoisotopic (exact) mass is 376 g/mol. The number of aliphatic hydroxyl groups excluding tert-OH is 5. The van der Waals surface area contributed by atoms with Gasteiger partial charge in [-0.15, -0.1) is 0 Å². The molecule has 136 valence electrons. The maximum atomic E-state index is 9.12. The molecule has 1 rings (SSSR count).